The van der Waals surface area contributed by atoms with Gasteiger partial charge in [0.05, 0.1) is 17.6 Å². The zero-order valence-electron chi connectivity index (χ0n) is 32.1. The molecule has 0 saturated heterocycles. The van der Waals surface area contributed by atoms with Crippen LogP contribution in [0.2, 0.25) is 0 Å². The fourth-order valence-corrected chi connectivity index (χ4v) is 8.55. The molecule has 11 aromatic rings. The third-order valence-electron chi connectivity index (χ3n) is 11.4. The first-order valence-corrected chi connectivity index (χ1v) is 19.8. The molecule has 0 aliphatic rings. The summed E-state index contributed by atoms with van der Waals surface area (Å²) in [5, 5.41) is 9.65. The lowest BCUT2D eigenvalue weighted by atomic mass is 10.00. The number of rotatable bonds is 6. The second-order valence-electron chi connectivity index (χ2n) is 14.9. The molecule has 2 aromatic heterocycles. The number of hydrogen-bond acceptors (Lipinski definition) is 2. The van der Waals surface area contributed by atoms with Gasteiger partial charge in [0, 0.05) is 38.4 Å². The van der Waals surface area contributed by atoms with Gasteiger partial charge in [0.15, 0.2) is 11.7 Å². The predicted octanol–water partition coefficient (Wildman–Crippen LogP) is 13.8. The third kappa shape index (κ3) is 5.99. The lowest BCUT2D eigenvalue weighted by Gasteiger charge is -2.09. The van der Waals surface area contributed by atoms with Crippen molar-refractivity contribution in [1.29, 1.82) is 0 Å². The molecule has 0 fully saturated rings. The average molecular weight is 757 g/mol. The van der Waals surface area contributed by atoms with Crippen LogP contribution in [0.15, 0.2) is 214 Å². The second kappa shape index (κ2) is 14.2. The minimum atomic E-state index is 0.409. The molecule has 0 aliphatic heterocycles. The number of furan rings is 1. The molecule has 11 rings (SSSR count). The Labute approximate surface area is 340 Å². The van der Waals surface area contributed by atoms with Crippen LogP contribution in [0.5, 0.6) is 0 Å². The summed E-state index contributed by atoms with van der Waals surface area (Å²) in [6, 6.07) is 67.9. The Hall–Kier alpha value is -7.89. The van der Waals surface area contributed by atoms with Crippen LogP contribution in [0.4, 0.5) is 0 Å². The van der Waals surface area contributed by atoms with Crippen LogP contribution in [0.1, 0.15) is 16.7 Å². The standard InChI is InChI=1S/C54H36N4O/c1-55-53(41-23-21-37(22-24-41)36-12-4-2-5-13-36)57-54(40-16-6-3-7-17-40)56-34-35-20-28-45-46-33-42(27-31-49(46)59-50(45)32-35)58-47-29-25-38-14-8-10-18-43(38)51(47)52-44-19-11-9-15-39(44)26-30-48(52)58/h2-33H,1,34H2/b56-54-,57-53-. The van der Waals surface area contributed by atoms with Crippen LogP contribution >= 0.6 is 0 Å². The van der Waals surface area contributed by atoms with E-state index >= 15 is 0 Å². The number of hydrogen-bond donors (Lipinski definition) is 0. The Morgan fingerprint density at radius 2 is 1.08 bits per heavy atom. The maximum Gasteiger partial charge on any atom is 0.161 e. The Morgan fingerprint density at radius 1 is 0.475 bits per heavy atom. The van der Waals surface area contributed by atoms with Crippen molar-refractivity contribution in [3.8, 4) is 16.8 Å². The molecule has 0 spiro atoms. The molecule has 0 atom stereocenters. The number of aliphatic imine (C=N–C) groups is 3. The van der Waals surface area contributed by atoms with E-state index < -0.39 is 0 Å². The van der Waals surface area contributed by atoms with E-state index in [2.05, 4.69) is 150 Å². The summed E-state index contributed by atoms with van der Waals surface area (Å²) in [5.41, 5.74) is 10.2. The number of benzene rings is 9. The highest BCUT2D eigenvalue weighted by molar-refractivity contribution is 6.28. The van der Waals surface area contributed by atoms with Gasteiger partial charge in [0.1, 0.15) is 11.2 Å². The molecular weight excluding hydrogens is 721 g/mol. The first kappa shape index (κ1) is 34.4. The summed E-state index contributed by atoms with van der Waals surface area (Å²) in [6.45, 7) is 4.27. The van der Waals surface area contributed by atoms with E-state index in [9.17, 15) is 0 Å². The largest absolute Gasteiger partial charge is 0.456 e. The van der Waals surface area contributed by atoms with E-state index in [-0.39, 0.29) is 0 Å². The molecule has 2 heterocycles. The van der Waals surface area contributed by atoms with Crippen LogP contribution in [-0.2, 0) is 6.54 Å². The Kier molecular flexibility index (Phi) is 8.30. The molecule has 5 heteroatoms. The van der Waals surface area contributed by atoms with E-state index in [1.54, 1.807) is 0 Å². The van der Waals surface area contributed by atoms with Crippen molar-refractivity contribution in [2.24, 2.45) is 15.0 Å². The number of aromatic nitrogens is 1. The van der Waals surface area contributed by atoms with Crippen molar-refractivity contribution in [3.05, 3.63) is 211 Å². The molecule has 5 nitrogen and oxygen atoms in total. The third-order valence-corrected chi connectivity index (χ3v) is 11.4. The van der Waals surface area contributed by atoms with Gasteiger partial charge in [-0.05, 0) is 81.4 Å². The fourth-order valence-electron chi connectivity index (χ4n) is 8.55. The molecule has 0 amide bonds. The molecule has 0 unspecified atom stereocenters. The lowest BCUT2D eigenvalue weighted by Crippen LogP contribution is -2.05. The molecule has 0 bridgehead atoms. The number of fused-ring (bicyclic) bond motifs is 10. The summed E-state index contributed by atoms with van der Waals surface area (Å²) in [7, 11) is 0. The van der Waals surface area contributed by atoms with Crippen molar-refractivity contribution in [2.45, 2.75) is 6.54 Å². The first-order chi connectivity index (χ1) is 29.2. The molecule has 278 valence electrons. The summed E-state index contributed by atoms with van der Waals surface area (Å²) in [5.74, 6) is 1.10. The summed E-state index contributed by atoms with van der Waals surface area (Å²) in [6.07, 6.45) is 0. The van der Waals surface area contributed by atoms with Gasteiger partial charge in [0.2, 0.25) is 0 Å². The molecule has 0 saturated carbocycles. The van der Waals surface area contributed by atoms with Crippen molar-refractivity contribution < 1.29 is 4.42 Å². The SMILES string of the molecule is C=N/C(=N\C(=N/Cc1ccc2c(c1)oc1ccc(-n3c4ccc5ccccc5c4c4c5ccccc5ccc43)cc12)c1ccccc1)c1ccc(-c2ccccc2)cc1. The maximum atomic E-state index is 6.52. The first-order valence-electron chi connectivity index (χ1n) is 19.8. The highest BCUT2D eigenvalue weighted by Gasteiger charge is 2.18. The highest BCUT2D eigenvalue weighted by atomic mass is 16.3. The monoisotopic (exact) mass is 756 g/mol. The number of amidine groups is 2. The second-order valence-corrected chi connectivity index (χ2v) is 14.9. The van der Waals surface area contributed by atoms with Crippen molar-refractivity contribution in [2.75, 3.05) is 0 Å². The van der Waals surface area contributed by atoms with Gasteiger partial charge in [-0.1, -0.05) is 158 Å². The van der Waals surface area contributed by atoms with Gasteiger partial charge in [-0.15, -0.1) is 0 Å². The van der Waals surface area contributed by atoms with Crippen molar-refractivity contribution >= 4 is 83.7 Å². The van der Waals surface area contributed by atoms with E-state index in [1.165, 1.54) is 43.4 Å². The maximum absolute atomic E-state index is 6.52. The Balaban J connectivity index is 0.974. The van der Waals surface area contributed by atoms with Gasteiger partial charge in [-0.2, -0.15) is 0 Å². The summed E-state index contributed by atoms with van der Waals surface area (Å²) in [4.78, 5) is 14.4. The highest BCUT2D eigenvalue weighted by Crippen LogP contribution is 2.41. The van der Waals surface area contributed by atoms with Crippen molar-refractivity contribution in [1.82, 2.24) is 4.57 Å². The van der Waals surface area contributed by atoms with Crippen LogP contribution < -0.4 is 0 Å². The van der Waals surface area contributed by atoms with Gasteiger partial charge in [-0.25, -0.2) is 9.98 Å². The molecule has 0 N–H and O–H groups in total. The van der Waals surface area contributed by atoms with E-state index in [1.807, 2.05) is 60.7 Å². The molecule has 0 aliphatic carbocycles. The Morgan fingerprint density at radius 3 is 1.76 bits per heavy atom. The average Bonchev–Trinajstić information content (AvgIpc) is 3.85. The minimum absolute atomic E-state index is 0.409. The van der Waals surface area contributed by atoms with Gasteiger partial charge < -0.3 is 8.98 Å². The van der Waals surface area contributed by atoms with Crippen LogP contribution in [-0.4, -0.2) is 23.0 Å². The lowest BCUT2D eigenvalue weighted by molar-refractivity contribution is 0.668. The molecular formula is C54H36N4O. The van der Waals surface area contributed by atoms with Gasteiger partial charge >= 0.3 is 0 Å². The van der Waals surface area contributed by atoms with Crippen LogP contribution in [0.25, 0.3) is 82.1 Å². The van der Waals surface area contributed by atoms with Gasteiger partial charge in [-0.3, -0.25) is 4.99 Å². The zero-order valence-corrected chi connectivity index (χ0v) is 32.1. The summed E-state index contributed by atoms with van der Waals surface area (Å²) < 4.78 is 8.92. The zero-order chi connectivity index (χ0) is 39.3. The van der Waals surface area contributed by atoms with Crippen LogP contribution in [0, 0.1) is 0 Å². The smallest absolute Gasteiger partial charge is 0.161 e. The fraction of sp³-hybridized carbons (Fsp3) is 0.0185. The predicted molar refractivity (Wildman–Crippen MR) is 248 cm³/mol. The van der Waals surface area contributed by atoms with E-state index in [4.69, 9.17) is 14.4 Å². The Bertz CT molecular complexity index is 3370. The van der Waals surface area contributed by atoms with Gasteiger partial charge in [0.25, 0.3) is 0 Å². The normalized spacial score (nSPS) is 12.4. The molecule has 9 aromatic carbocycles. The number of nitrogens with zero attached hydrogens (tertiary/aromatic N) is 4. The van der Waals surface area contributed by atoms with E-state index in [0.717, 1.165) is 55.4 Å². The molecule has 0 radical (unpaired) electrons. The van der Waals surface area contributed by atoms with Crippen molar-refractivity contribution in [3.63, 3.8) is 0 Å². The minimum Gasteiger partial charge on any atom is -0.456 e. The molecule has 59 heavy (non-hydrogen) atoms. The topological polar surface area (TPSA) is 55.1 Å². The summed E-state index contributed by atoms with van der Waals surface area (Å²) >= 11 is 0. The quantitative estimate of drug-likeness (QED) is 0.123. The van der Waals surface area contributed by atoms with Crippen LogP contribution in [0.3, 0.4) is 0 Å². The van der Waals surface area contributed by atoms with E-state index in [0.29, 0.717) is 18.2 Å².